The number of para-hydroxylation sites is 3. The van der Waals surface area contributed by atoms with Gasteiger partial charge in [0.05, 0.1) is 22.9 Å². The van der Waals surface area contributed by atoms with Gasteiger partial charge in [0.25, 0.3) is 5.56 Å². The zero-order valence-corrected chi connectivity index (χ0v) is 14.1. The monoisotopic (exact) mass is 377 g/mol. The predicted molar refractivity (Wildman–Crippen MR) is 92.5 cm³/mol. The second-order valence-electron chi connectivity index (χ2n) is 5.74. The summed E-state index contributed by atoms with van der Waals surface area (Å²) in [5, 5.41) is 2.67. The summed E-state index contributed by atoms with van der Waals surface area (Å²) in [5.41, 5.74) is 0.777. The maximum Gasteiger partial charge on any atom is 0.573 e. The highest BCUT2D eigenvalue weighted by Gasteiger charge is 2.32. The molecule has 0 radical (unpaired) electrons. The largest absolute Gasteiger partial charge is 0.573 e. The van der Waals surface area contributed by atoms with Crippen molar-refractivity contribution in [1.29, 1.82) is 0 Å². The molecular formula is C18H14F3N3O3. The van der Waals surface area contributed by atoms with E-state index in [9.17, 15) is 22.8 Å². The molecule has 0 fully saturated rings. The summed E-state index contributed by atoms with van der Waals surface area (Å²) in [6.45, 7) is 1.40. The zero-order chi connectivity index (χ0) is 19.6. The minimum atomic E-state index is -4.89. The molecule has 0 aliphatic rings. The highest BCUT2D eigenvalue weighted by atomic mass is 19.4. The minimum absolute atomic E-state index is 0.155. The number of aromatic nitrogens is 2. The molecule has 3 rings (SSSR count). The Morgan fingerprint density at radius 3 is 2.67 bits per heavy atom. The van der Waals surface area contributed by atoms with Crippen LogP contribution in [-0.2, 0) is 11.3 Å². The first-order valence-electron chi connectivity index (χ1n) is 7.84. The molecular weight excluding hydrogens is 363 g/mol. The minimum Gasteiger partial charge on any atom is -0.404 e. The third-order valence-electron chi connectivity index (χ3n) is 3.76. The van der Waals surface area contributed by atoms with E-state index in [1.165, 1.54) is 24.5 Å². The van der Waals surface area contributed by atoms with E-state index in [1.54, 1.807) is 12.1 Å². The van der Waals surface area contributed by atoms with Gasteiger partial charge in [0.2, 0.25) is 5.91 Å². The lowest BCUT2D eigenvalue weighted by Crippen LogP contribution is -2.28. The number of hydrogen-bond acceptors (Lipinski definition) is 4. The molecule has 1 heterocycles. The number of carbonyl (C=O) groups excluding carboxylic acids is 1. The van der Waals surface area contributed by atoms with Crippen LogP contribution in [0.1, 0.15) is 5.56 Å². The lowest BCUT2D eigenvalue weighted by molar-refractivity contribution is -0.274. The van der Waals surface area contributed by atoms with Crippen LogP contribution >= 0.6 is 0 Å². The van der Waals surface area contributed by atoms with Crippen LogP contribution in [0.25, 0.3) is 10.9 Å². The molecule has 0 aliphatic carbocycles. The van der Waals surface area contributed by atoms with Gasteiger partial charge in [-0.3, -0.25) is 14.2 Å². The topological polar surface area (TPSA) is 73.2 Å². The van der Waals surface area contributed by atoms with Gasteiger partial charge in [-0.2, -0.15) is 0 Å². The number of carbonyl (C=O) groups is 1. The summed E-state index contributed by atoms with van der Waals surface area (Å²) in [6, 6.07) is 10.2. The standard InChI is InChI=1S/C18H14F3N3O3/c1-11-5-4-6-12-16(11)22-10-24(17(12)26)9-15(25)23-13-7-2-3-8-14(13)27-18(19,20)21/h2-8,10H,9H2,1H3,(H,23,25). The van der Waals surface area contributed by atoms with Gasteiger partial charge >= 0.3 is 6.36 Å². The predicted octanol–water partition coefficient (Wildman–Crippen LogP) is 3.24. The van der Waals surface area contributed by atoms with Crippen LogP contribution in [0, 0.1) is 6.92 Å². The van der Waals surface area contributed by atoms with Crippen LogP contribution in [0.2, 0.25) is 0 Å². The smallest absolute Gasteiger partial charge is 0.404 e. The Labute approximate surface area is 151 Å². The summed E-state index contributed by atoms with van der Waals surface area (Å²) in [7, 11) is 0. The lowest BCUT2D eigenvalue weighted by Gasteiger charge is -2.14. The first-order chi connectivity index (χ1) is 12.7. The van der Waals surface area contributed by atoms with E-state index < -0.39 is 30.1 Å². The molecule has 0 saturated heterocycles. The molecule has 0 spiro atoms. The second-order valence-corrected chi connectivity index (χ2v) is 5.74. The summed E-state index contributed by atoms with van der Waals surface area (Å²) < 4.78 is 42.3. The molecule has 140 valence electrons. The van der Waals surface area contributed by atoms with Crippen molar-refractivity contribution < 1.29 is 22.7 Å². The second kappa shape index (κ2) is 7.10. The molecule has 0 aliphatic heterocycles. The van der Waals surface area contributed by atoms with Gasteiger partial charge < -0.3 is 10.1 Å². The fourth-order valence-corrected chi connectivity index (χ4v) is 2.58. The van der Waals surface area contributed by atoms with Crippen LogP contribution in [0.3, 0.4) is 0 Å². The van der Waals surface area contributed by atoms with Gasteiger partial charge in [0.1, 0.15) is 6.54 Å². The number of alkyl halides is 3. The van der Waals surface area contributed by atoms with Gasteiger partial charge in [0, 0.05) is 0 Å². The molecule has 27 heavy (non-hydrogen) atoms. The summed E-state index contributed by atoms with van der Waals surface area (Å²) in [5.74, 6) is -1.23. The number of hydrogen-bond donors (Lipinski definition) is 1. The highest BCUT2D eigenvalue weighted by Crippen LogP contribution is 2.29. The first kappa shape index (κ1) is 18.4. The van der Waals surface area contributed by atoms with Crippen LogP contribution < -0.4 is 15.6 Å². The molecule has 9 heteroatoms. The Kier molecular flexibility index (Phi) is 4.85. The van der Waals surface area contributed by atoms with Crippen molar-refractivity contribution in [3.05, 3.63) is 64.7 Å². The average molecular weight is 377 g/mol. The third-order valence-corrected chi connectivity index (χ3v) is 3.76. The third kappa shape index (κ3) is 4.25. The number of amides is 1. The first-order valence-corrected chi connectivity index (χ1v) is 7.84. The Morgan fingerprint density at radius 1 is 1.19 bits per heavy atom. The molecule has 3 aromatic rings. The lowest BCUT2D eigenvalue weighted by atomic mass is 10.1. The maximum atomic E-state index is 12.5. The number of anilines is 1. The Bertz CT molecular complexity index is 1060. The fraction of sp³-hybridized carbons (Fsp3) is 0.167. The van der Waals surface area contributed by atoms with Crippen molar-refractivity contribution >= 4 is 22.5 Å². The number of fused-ring (bicyclic) bond motifs is 1. The van der Waals surface area contributed by atoms with Crippen molar-refractivity contribution in [2.45, 2.75) is 19.8 Å². The number of ether oxygens (including phenoxy) is 1. The number of halogens is 3. The van der Waals surface area contributed by atoms with Crippen molar-refractivity contribution in [2.24, 2.45) is 0 Å². The number of benzene rings is 2. The Balaban J connectivity index is 1.82. The van der Waals surface area contributed by atoms with Crippen LogP contribution in [0.15, 0.2) is 53.6 Å². The van der Waals surface area contributed by atoms with E-state index in [4.69, 9.17) is 0 Å². The molecule has 0 atom stereocenters. The van der Waals surface area contributed by atoms with Gasteiger partial charge in [-0.15, -0.1) is 13.2 Å². The average Bonchev–Trinajstić information content (AvgIpc) is 2.58. The number of aryl methyl sites for hydroxylation is 1. The number of nitrogens with zero attached hydrogens (tertiary/aromatic N) is 2. The van der Waals surface area contributed by atoms with Crippen molar-refractivity contribution in [3.63, 3.8) is 0 Å². The van der Waals surface area contributed by atoms with Gasteiger partial charge in [-0.25, -0.2) is 4.98 Å². The Morgan fingerprint density at radius 2 is 1.93 bits per heavy atom. The van der Waals surface area contributed by atoms with Crippen LogP contribution in [0.4, 0.5) is 18.9 Å². The maximum absolute atomic E-state index is 12.5. The zero-order valence-electron chi connectivity index (χ0n) is 14.1. The van der Waals surface area contributed by atoms with E-state index in [0.29, 0.717) is 10.9 Å². The normalized spacial score (nSPS) is 11.4. The van der Waals surface area contributed by atoms with Gasteiger partial charge in [-0.1, -0.05) is 24.3 Å². The molecule has 1 N–H and O–H groups in total. The van der Waals surface area contributed by atoms with Crippen molar-refractivity contribution in [1.82, 2.24) is 9.55 Å². The van der Waals surface area contributed by atoms with Crippen molar-refractivity contribution in [2.75, 3.05) is 5.32 Å². The molecule has 1 amide bonds. The van der Waals surface area contributed by atoms with E-state index >= 15 is 0 Å². The van der Waals surface area contributed by atoms with Gasteiger partial charge in [-0.05, 0) is 30.7 Å². The van der Waals surface area contributed by atoms with Crippen LogP contribution in [0.5, 0.6) is 5.75 Å². The molecule has 0 bridgehead atoms. The summed E-state index contributed by atoms with van der Waals surface area (Å²) in [4.78, 5) is 28.9. The van der Waals surface area contributed by atoms with Crippen LogP contribution in [-0.4, -0.2) is 21.8 Å². The quantitative estimate of drug-likeness (QED) is 0.758. The molecule has 6 nitrogen and oxygen atoms in total. The number of nitrogens with one attached hydrogen (secondary N) is 1. The SMILES string of the molecule is Cc1cccc2c(=O)n(CC(=O)Nc3ccccc3OC(F)(F)F)cnc12. The van der Waals surface area contributed by atoms with E-state index in [2.05, 4.69) is 15.0 Å². The molecule has 0 saturated carbocycles. The summed E-state index contributed by atoms with van der Waals surface area (Å²) >= 11 is 0. The highest BCUT2D eigenvalue weighted by molar-refractivity contribution is 5.92. The fourth-order valence-electron chi connectivity index (χ4n) is 2.58. The van der Waals surface area contributed by atoms with E-state index in [1.807, 2.05) is 13.0 Å². The molecule has 2 aromatic carbocycles. The molecule has 1 aromatic heterocycles. The van der Waals surface area contributed by atoms with E-state index in [0.717, 1.165) is 16.2 Å². The van der Waals surface area contributed by atoms with Crippen molar-refractivity contribution in [3.8, 4) is 5.75 Å². The van der Waals surface area contributed by atoms with E-state index in [-0.39, 0.29) is 5.69 Å². The Hall–Kier alpha value is -3.36. The summed E-state index contributed by atoms with van der Waals surface area (Å²) in [6.07, 6.45) is -3.66. The number of rotatable bonds is 4. The van der Waals surface area contributed by atoms with Gasteiger partial charge in [0.15, 0.2) is 5.75 Å². The molecule has 0 unspecified atom stereocenters.